The Morgan fingerprint density at radius 2 is 1.72 bits per heavy atom. The predicted molar refractivity (Wildman–Crippen MR) is 121 cm³/mol. The van der Waals surface area contributed by atoms with Crippen LogP contribution in [0.5, 0.6) is 0 Å². The van der Waals surface area contributed by atoms with Crippen LogP contribution in [0, 0.1) is 0 Å². The zero-order chi connectivity index (χ0) is 19.9. The Balaban J connectivity index is 1.54. The van der Waals surface area contributed by atoms with Gasteiger partial charge in [0.1, 0.15) is 5.82 Å². The molecule has 0 fully saturated rings. The highest BCUT2D eigenvalue weighted by molar-refractivity contribution is 5.83. The number of nitrogens with zero attached hydrogens (tertiary/aromatic N) is 1. The van der Waals surface area contributed by atoms with Crippen molar-refractivity contribution in [2.45, 2.75) is 45.1 Å². The van der Waals surface area contributed by atoms with Gasteiger partial charge < -0.3 is 15.3 Å². The van der Waals surface area contributed by atoms with E-state index in [2.05, 4.69) is 76.9 Å². The van der Waals surface area contributed by atoms with Crippen LogP contribution in [0.25, 0.3) is 22.2 Å². The average molecular weight is 387 g/mol. The molecule has 2 heterocycles. The molecule has 2 aromatic carbocycles. The minimum Gasteiger partial charge on any atom is -0.361 e. The lowest BCUT2D eigenvalue weighted by molar-refractivity contribution is 0.491. The summed E-state index contributed by atoms with van der Waals surface area (Å²) in [5.74, 6) is 1.00. The van der Waals surface area contributed by atoms with Crippen LogP contribution in [0.4, 0.5) is 0 Å². The Kier molecular flexibility index (Phi) is 6.42. The molecule has 150 valence electrons. The van der Waals surface area contributed by atoms with E-state index in [1.807, 2.05) is 12.3 Å². The van der Waals surface area contributed by atoms with E-state index in [1.165, 1.54) is 42.1 Å². The molecular formula is C25H30N4. The van der Waals surface area contributed by atoms with Crippen LogP contribution in [0.2, 0.25) is 0 Å². The zero-order valence-electron chi connectivity index (χ0n) is 17.1. The monoisotopic (exact) mass is 386 g/mol. The second-order valence-electron chi connectivity index (χ2n) is 7.67. The number of para-hydroxylation sites is 1. The first kappa shape index (κ1) is 19.5. The van der Waals surface area contributed by atoms with Gasteiger partial charge in [-0.1, -0.05) is 74.7 Å². The van der Waals surface area contributed by atoms with Gasteiger partial charge in [0.2, 0.25) is 0 Å². The molecule has 3 N–H and O–H groups in total. The van der Waals surface area contributed by atoms with Crippen molar-refractivity contribution in [3.63, 3.8) is 0 Å². The highest BCUT2D eigenvalue weighted by atomic mass is 15.0. The number of benzene rings is 2. The summed E-state index contributed by atoms with van der Waals surface area (Å²) >= 11 is 0. The smallest absolute Gasteiger partial charge is 0.124 e. The highest BCUT2D eigenvalue weighted by Gasteiger charge is 2.18. The van der Waals surface area contributed by atoms with Crippen molar-refractivity contribution in [1.29, 1.82) is 0 Å². The maximum atomic E-state index is 4.93. The quantitative estimate of drug-likeness (QED) is 0.292. The molecule has 0 spiro atoms. The topological polar surface area (TPSA) is 56.5 Å². The van der Waals surface area contributed by atoms with Gasteiger partial charge in [-0.3, -0.25) is 0 Å². The fourth-order valence-electron chi connectivity index (χ4n) is 3.89. The third kappa shape index (κ3) is 4.77. The van der Waals surface area contributed by atoms with Crippen molar-refractivity contribution in [2.75, 3.05) is 6.54 Å². The Morgan fingerprint density at radius 1 is 0.897 bits per heavy atom. The first-order valence-electron chi connectivity index (χ1n) is 10.7. The van der Waals surface area contributed by atoms with Gasteiger partial charge in [0.25, 0.3) is 0 Å². The number of rotatable bonds is 10. The Morgan fingerprint density at radius 3 is 2.59 bits per heavy atom. The molecule has 1 atom stereocenters. The fraction of sp³-hybridized carbons (Fsp3) is 0.320. The zero-order valence-corrected chi connectivity index (χ0v) is 17.1. The SMILES string of the molecule is CCCCCCNC(Cc1c[nH]c2ccccc12)c1nc(-c2ccccc2)c[nH]1. The summed E-state index contributed by atoms with van der Waals surface area (Å²) in [7, 11) is 0. The molecule has 29 heavy (non-hydrogen) atoms. The molecule has 4 aromatic rings. The van der Waals surface area contributed by atoms with Gasteiger partial charge in [-0.25, -0.2) is 4.98 Å². The van der Waals surface area contributed by atoms with Gasteiger partial charge in [0.15, 0.2) is 0 Å². The van der Waals surface area contributed by atoms with Crippen LogP contribution < -0.4 is 5.32 Å². The summed E-state index contributed by atoms with van der Waals surface area (Å²) in [4.78, 5) is 11.8. The molecule has 0 saturated heterocycles. The van der Waals surface area contributed by atoms with Crippen molar-refractivity contribution in [3.8, 4) is 11.3 Å². The lowest BCUT2D eigenvalue weighted by Crippen LogP contribution is -2.25. The van der Waals surface area contributed by atoms with Crippen LogP contribution in [0.1, 0.15) is 50.0 Å². The molecule has 0 saturated carbocycles. The molecule has 0 amide bonds. The summed E-state index contributed by atoms with van der Waals surface area (Å²) in [6.45, 7) is 3.26. The summed E-state index contributed by atoms with van der Waals surface area (Å²) in [6.07, 6.45) is 10.1. The molecule has 0 aliphatic rings. The molecule has 0 aliphatic carbocycles. The van der Waals surface area contributed by atoms with E-state index in [-0.39, 0.29) is 6.04 Å². The summed E-state index contributed by atoms with van der Waals surface area (Å²) in [6, 6.07) is 19.0. The third-order valence-electron chi connectivity index (χ3n) is 5.52. The number of unbranched alkanes of at least 4 members (excludes halogenated alkanes) is 3. The number of H-pyrrole nitrogens is 2. The lowest BCUT2D eigenvalue weighted by atomic mass is 10.0. The van der Waals surface area contributed by atoms with Crippen LogP contribution >= 0.6 is 0 Å². The van der Waals surface area contributed by atoms with Crippen LogP contribution in [0.15, 0.2) is 67.0 Å². The third-order valence-corrected chi connectivity index (χ3v) is 5.52. The number of hydrogen-bond donors (Lipinski definition) is 3. The molecule has 0 aliphatic heterocycles. The minimum atomic E-state index is 0.160. The number of aromatic amines is 2. The van der Waals surface area contributed by atoms with E-state index in [1.54, 1.807) is 0 Å². The standard InChI is InChI=1S/C25H30N4/c1-2-3-4-10-15-26-23(16-20-17-27-22-14-9-8-13-21(20)22)25-28-18-24(29-25)19-11-6-5-7-12-19/h5-9,11-14,17-18,23,26-27H,2-4,10,15-16H2,1H3,(H,28,29). The first-order valence-corrected chi connectivity index (χ1v) is 10.7. The molecule has 2 aromatic heterocycles. The van der Waals surface area contributed by atoms with Crippen molar-refractivity contribution >= 4 is 10.9 Å². The van der Waals surface area contributed by atoms with Gasteiger partial charge >= 0.3 is 0 Å². The van der Waals surface area contributed by atoms with Gasteiger partial charge in [0.05, 0.1) is 11.7 Å². The summed E-state index contributed by atoms with van der Waals surface area (Å²) in [5, 5.41) is 5.05. The first-order chi connectivity index (χ1) is 14.3. The van der Waals surface area contributed by atoms with Crippen LogP contribution in [0.3, 0.4) is 0 Å². The van der Waals surface area contributed by atoms with Gasteiger partial charge in [-0.05, 0) is 31.0 Å². The average Bonchev–Trinajstić information content (AvgIpc) is 3.41. The van der Waals surface area contributed by atoms with E-state index in [0.29, 0.717) is 0 Å². The van der Waals surface area contributed by atoms with Crippen molar-refractivity contribution in [2.24, 2.45) is 0 Å². The van der Waals surface area contributed by atoms with Crippen molar-refractivity contribution in [3.05, 3.63) is 78.4 Å². The predicted octanol–water partition coefficient (Wildman–Crippen LogP) is 6.01. The molecule has 4 nitrogen and oxygen atoms in total. The molecule has 4 heteroatoms. The molecule has 0 bridgehead atoms. The Hall–Kier alpha value is -2.85. The minimum absolute atomic E-state index is 0.160. The maximum Gasteiger partial charge on any atom is 0.124 e. The number of imidazole rings is 1. The molecular weight excluding hydrogens is 356 g/mol. The fourth-order valence-corrected chi connectivity index (χ4v) is 3.89. The second kappa shape index (κ2) is 9.57. The van der Waals surface area contributed by atoms with E-state index >= 15 is 0 Å². The van der Waals surface area contributed by atoms with E-state index in [9.17, 15) is 0 Å². The van der Waals surface area contributed by atoms with Crippen LogP contribution in [-0.4, -0.2) is 21.5 Å². The normalized spacial score (nSPS) is 12.4. The van der Waals surface area contributed by atoms with E-state index in [0.717, 1.165) is 30.0 Å². The molecule has 1 unspecified atom stereocenters. The van der Waals surface area contributed by atoms with Gasteiger partial charge in [0, 0.05) is 28.9 Å². The van der Waals surface area contributed by atoms with E-state index < -0.39 is 0 Å². The summed E-state index contributed by atoms with van der Waals surface area (Å²) < 4.78 is 0. The number of fused-ring (bicyclic) bond motifs is 1. The van der Waals surface area contributed by atoms with Crippen molar-refractivity contribution < 1.29 is 0 Å². The van der Waals surface area contributed by atoms with Crippen molar-refractivity contribution in [1.82, 2.24) is 20.3 Å². The van der Waals surface area contributed by atoms with E-state index in [4.69, 9.17) is 4.98 Å². The Bertz CT molecular complexity index is 1020. The largest absolute Gasteiger partial charge is 0.361 e. The Labute approximate surface area is 172 Å². The highest BCUT2D eigenvalue weighted by Crippen LogP contribution is 2.25. The number of aromatic nitrogens is 3. The molecule has 0 radical (unpaired) electrons. The number of nitrogens with one attached hydrogen (secondary N) is 3. The van der Waals surface area contributed by atoms with Gasteiger partial charge in [-0.15, -0.1) is 0 Å². The lowest BCUT2D eigenvalue weighted by Gasteiger charge is -2.16. The molecule has 4 rings (SSSR count). The maximum absolute atomic E-state index is 4.93. The number of hydrogen-bond acceptors (Lipinski definition) is 2. The van der Waals surface area contributed by atoms with Gasteiger partial charge in [-0.2, -0.15) is 0 Å². The van der Waals surface area contributed by atoms with Crippen LogP contribution in [-0.2, 0) is 6.42 Å². The summed E-state index contributed by atoms with van der Waals surface area (Å²) in [5.41, 5.74) is 4.65. The second-order valence-corrected chi connectivity index (χ2v) is 7.67.